The zero-order chi connectivity index (χ0) is 15.0. The Kier molecular flexibility index (Phi) is 5.89. The number of hydrogen-bond donors (Lipinski definition) is 1. The Morgan fingerprint density at radius 2 is 1.74 bits per heavy atom. The van der Waals surface area contributed by atoms with E-state index in [9.17, 15) is 5.11 Å². The van der Waals surface area contributed by atoms with Crippen molar-refractivity contribution < 1.29 is 19.0 Å². The summed E-state index contributed by atoms with van der Waals surface area (Å²) in [5.74, 6) is 0. The molecular weight excluding hydrogens is 375 g/mol. The molecule has 1 aliphatic rings. The predicted octanol–water partition coefficient (Wildman–Crippen LogP) is 2.93. The van der Waals surface area contributed by atoms with Crippen LogP contribution in [0.5, 0.6) is 0 Å². The van der Waals surface area contributed by atoms with Crippen molar-refractivity contribution in [3.05, 3.63) is 0 Å². The molecule has 0 aromatic heterocycles. The lowest BCUT2D eigenvalue weighted by Gasteiger charge is -2.47. The monoisotopic (exact) mass is 402 g/mol. The lowest BCUT2D eigenvalue weighted by Crippen LogP contribution is -2.60. The van der Waals surface area contributed by atoms with Gasteiger partial charge in [0.1, 0.15) is 6.10 Å². The summed E-state index contributed by atoms with van der Waals surface area (Å²) in [5, 5.41) is 10.0. The standard InChI is InChI=1S/C13H27IO4Si/c1-8-10(18-19(6,7)13(2,3)4)11(16-5)9(14)12(15)17-8/h8-12,15H,1-7H3/t8-,9-,10-,11-,12+/m1/s1. The number of aliphatic hydroxyl groups excluding tert-OH is 1. The summed E-state index contributed by atoms with van der Waals surface area (Å²) in [6, 6.07) is 0. The molecule has 0 aliphatic carbocycles. The van der Waals surface area contributed by atoms with Gasteiger partial charge in [-0.1, -0.05) is 43.4 Å². The second-order valence-electron chi connectivity index (χ2n) is 6.72. The van der Waals surface area contributed by atoms with Crippen LogP contribution in [0.1, 0.15) is 27.7 Å². The molecule has 4 nitrogen and oxygen atoms in total. The van der Waals surface area contributed by atoms with Crippen LogP contribution in [0.4, 0.5) is 0 Å². The molecule has 0 aromatic rings. The molecule has 1 heterocycles. The smallest absolute Gasteiger partial charge is 0.192 e. The molecule has 1 N–H and O–H groups in total. The van der Waals surface area contributed by atoms with E-state index in [1.165, 1.54) is 0 Å². The van der Waals surface area contributed by atoms with E-state index < -0.39 is 14.6 Å². The van der Waals surface area contributed by atoms with Crippen molar-refractivity contribution in [2.75, 3.05) is 7.11 Å². The summed E-state index contributed by atoms with van der Waals surface area (Å²) in [4.78, 5) is 0. The Morgan fingerprint density at radius 3 is 2.16 bits per heavy atom. The van der Waals surface area contributed by atoms with Crippen molar-refractivity contribution in [1.82, 2.24) is 0 Å². The SMILES string of the molecule is CO[C@@H]1[C@@H](I)[C@@H](O)O[C@H](C)[C@H]1O[Si](C)(C)C(C)(C)C. The van der Waals surface area contributed by atoms with Crippen molar-refractivity contribution in [1.29, 1.82) is 0 Å². The van der Waals surface area contributed by atoms with Crippen molar-refractivity contribution in [3.63, 3.8) is 0 Å². The van der Waals surface area contributed by atoms with Crippen LogP contribution < -0.4 is 0 Å². The highest BCUT2D eigenvalue weighted by molar-refractivity contribution is 14.1. The number of rotatable bonds is 3. The number of alkyl halides is 1. The molecule has 0 bridgehead atoms. The van der Waals surface area contributed by atoms with Gasteiger partial charge in [-0.2, -0.15) is 0 Å². The molecular formula is C13H27IO4Si. The average Bonchev–Trinajstić information content (AvgIpc) is 2.24. The molecule has 0 aromatic carbocycles. The van der Waals surface area contributed by atoms with Gasteiger partial charge < -0.3 is 19.0 Å². The van der Waals surface area contributed by atoms with Crippen LogP contribution in [0.25, 0.3) is 0 Å². The summed E-state index contributed by atoms with van der Waals surface area (Å²) in [7, 11) is -0.219. The minimum atomic E-state index is -1.89. The van der Waals surface area contributed by atoms with Crippen molar-refractivity contribution in [2.24, 2.45) is 0 Å². The summed E-state index contributed by atoms with van der Waals surface area (Å²) in [6.45, 7) is 13.0. The topological polar surface area (TPSA) is 47.9 Å². The summed E-state index contributed by atoms with van der Waals surface area (Å²) in [5.41, 5.74) is 0. The van der Waals surface area contributed by atoms with Crippen LogP contribution in [0.2, 0.25) is 18.1 Å². The Balaban J connectivity index is 2.91. The van der Waals surface area contributed by atoms with E-state index in [1.807, 2.05) is 6.92 Å². The molecule has 1 rings (SSSR count). The highest BCUT2D eigenvalue weighted by atomic mass is 127. The first-order valence-corrected chi connectivity index (χ1v) is 10.8. The summed E-state index contributed by atoms with van der Waals surface area (Å²) >= 11 is 2.18. The number of halogens is 1. The number of methoxy groups -OCH3 is 1. The molecule has 5 atom stereocenters. The third kappa shape index (κ3) is 3.91. The Bertz CT molecular complexity index is 306. The van der Waals surface area contributed by atoms with Gasteiger partial charge in [0.05, 0.1) is 16.1 Å². The van der Waals surface area contributed by atoms with E-state index in [-0.39, 0.29) is 27.3 Å². The maximum absolute atomic E-state index is 9.87. The van der Waals surface area contributed by atoms with Gasteiger partial charge in [0.2, 0.25) is 0 Å². The van der Waals surface area contributed by atoms with Crippen LogP contribution in [-0.4, -0.2) is 49.1 Å². The molecule has 0 unspecified atom stereocenters. The lowest BCUT2D eigenvalue weighted by molar-refractivity contribution is -0.220. The first kappa shape index (κ1) is 17.8. The average molecular weight is 402 g/mol. The maximum atomic E-state index is 9.87. The molecule has 1 saturated heterocycles. The zero-order valence-electron chi connectivity index (χ0n) is 12.9. The van der Waals surface area contributed by atoms with Gasteiger partial charge >= 0.3 is 0 Å². The first-order valence-electron chi connectivity index (χ1n) is 6.69. The van der Waals surface area contributed by atoms with Gasteiger partial charge in [0.15, 0.2) is 14.6 Å². The largest absolute Gasteiger partial charge is 0.409 e. The fourth-order valence-corrected chi connectivity index (χ4v) is 4.16. The van der Waals surface area contributed by atoms with Crippen LogP contribution in [0.15, 0.2) is 0 Å². The minimum absolute atomic E-state index is 0.117. The number of aliphatic hydroxyl groups is 1. The Morgan fingerprint density at radius 1 is 1.21 bits per heavy atom. The number of ether oxygens (including phenoxy) is 2. The third-order valence-electron chi connectivity index (χ3n) is 4.24. The summed E-state index contributed by atoms with van der Waals surface area (Å²) in [6.07, 6.45) is -1.23. The van der Waals surface area contributed by atoms with Crippen molar-refractivity contribution in [2.45, 2.75) is 74.4 Å². The van der Waals surface area contributed by atoms with E-state index in [4.69, 9.17) is 13.9 Å². The minimum Gasteiger partial charge on any atom is -0.409 e. The molecule has 114 valence electrons. The van der Waals surface area contributed by atoms with Crippen LogP contribution in [0, 0.1) is 0 Å². The highest BCUT2D eigenvalue weighted by Gasteiger charge is 2.48. The van der Waals surface area contributed by atoms with E-state index >= 15 is 0 Å². The lowest BCUT2D eigenvalue weighted by atomic mass is 10.0. The summed E-state index contributed by atoms with van der Waals surface area (Å²) < 4.78 is 17.5. The molecule has 0 saturated carbocycles. The van der Waals surface area contributed by atoms with E-state index in [1.54, 1.807) is 7.11 Å². The van der Waals surface area contributed by atoms with Crippen LogP contribution in [0.3, 0.4) is 0 Å². The van der Waals surface area contributed by atoms with Gasteiger partial charge in [0, 0.05) is 7.11 Å². The molecule has 0 amide bonds. The second kappa shape index (κ2) is 6.27. The maximum Gasteiger partial charge on any atom is 0.192 e. The van der Waals surface area contributed by atoms with Crippen molar-refractivity contribution >= 4 is 30.9 Å². The van der Waals surface area contributed by atoms with Gasteiger partial charge in [-0.25, -0.2) is 0 Å². The highest BCUT2D eigenvalue weighted by Crippen LogP contribution is 2.40. The molecule has 6 heteroatoms. The van der Waals surface area contributed by atoms with Gasteiger partial charge in [-0.05, 0) is 25.1 Å². The fraction of sp³-hybridized carbons (Fsp3) is 1.00. The normalized spacial score (nSPS) is 37.4. The Hall–Kier alpha value is 0.787. The molecule has 0 radical (unpaired) electrons. The second-order valence-corrected chi connectivity index (χ2v) is 12.9. The van der Waals surface area contributed by atoms with Crippen LogP contribution in [-0.2, 0) is 13.9 Å². The number of hydrogen-bond acceptors (Lipinski definition) is 4. The molecule has 0 spiro atoms. The first-order chi connectivity index (χ1) is 8.51. The third-order valence-corrected chi connectivity index (χ3v) is 10.0. The fourth-order valence-electron chi connectivity index (χ4n) is 1.93. The van der Waals surface area contributed by atoms with Crippen molar-refractivity contribution in [3.8, 4) is 0 Å². The molecule has 1 aliphatic heterocycles. The van der Waals surface area contributed by atoms with E-state index in [2.05, 4.69) is 56.5 Å². The molecule has 1 fully saturated rings. The van der Waals surface area contributed by atoms with E-state index in [0.29, 0.717) is 0 Å². The predicted molar refractivity (Wildman–Crippen MR) is 87.2 cm³/mol. The van der Waals surface area contributed by atoms with Gasteiger partial charge in [0.25, 0.3) is 0 Å². The Labute approximate surface area is 131 Å². The molecule has 19 heavy (non-hydrogen) atoms. The van der Waals surface area contributed by atoms with Crippen LogP contribution >= 0.6 is 22.6 Å². The van der Waals surface area contributed by atoms with Gasteiger partial charge in [-0.15, -0.1) is 0 Å². The van der Waals surface area contributed by atoms with Gasteiger partial charge in [-0.3, -0.25) is 0 Å². The quantitative estimate of drug-likeness (QED) is 0.448. The van der Waals surface area contributed by atoms with E-state index in [0.717, 1.165) is 0 Å². The zero-order valence-corrected chi connectivity index (χ0v) is 16.1.